The molecular formula is C11H12BrN5O3S. The molecule has 21 heavy (non-hydrogen) atoms. The third kappa shape index (κ3) is 5.16. The standard InChI is InChI=1S/C11H12BrN5O3S/c1-21(19,20)15-10-6-17(16-14-10)7-11(18)13-9-4-2-8(12)3-5-9/h2-6,15H,7H2,1H3,(H,13,18). The van der Waals surface area contributed by atoms with Crippen molar-refractivity contribution in [1.82, 2.24) is 15.0 Å². The summed E-state index contributed by atoms with van der Waals surface area (Å²) >= 11 is 3.30. The van der Waals surface area contributed by atoms with E-state index in [1.807, 2.05) is 0 Å². The zero-order chi connectivity index (χ0) is 15.5. The second kappa shape index (κ2) is 6.22. The van der Waals surface area contributed by atoms with Gasteiger partial charge in [-0.15, -0.1) is 5.10 Å². The molecular weight excluding hydrogens is 362 g/mol. The maximum absolute atomic E-state index is 11.8. The quantitative estimate of drug-likeness (QED) is 0.814. The van der Waals surface area contributed by atoms with E-state index in [9.17, 15) is 13.2 Å². The molecule has 1 aromatic carbocycles. The Balaban J connectivity index is 1.95. The van der Waals surface area contributed by atoms with E-state index in [2.05, 4.69) is 36.3 Å². The van der Waals surface area contributed by atoms with Crippen LogP contribution in [0, 0.1) is 0 Å². The van der Waals surface area contributed by atoms with Crippen molar-refractivity contribution in [2.24, 2.45) is 0 Å². The second-order valence-corrected chi connectivity index (χ2v) is 6.89. The van der Waals surface area contributed by atoms with Gasteiger partial charge in [-0.2, -0.15) is 0 Å². The van der Waals surface area contributed by atoms with Gasteiger partial charge in [-0.05, 0) is 24.3 Å². The molecule has 0 aliphatic carbocycles. The number of carbonyl (C=O) groups excluding carboxylic acids is 1. The molecule has 0 radical (unpaired) electrons. The fourth-order valence-electron chi connectivity index (χ4n) is 1.49. The van der Waals surface area contributed by atoms with Crippen molar-refractivity contribution in [2.45, 2.75) is 6.54 Å². The van der Waals surface area contributed by atoms with Gasteiger partial charge >= 0.3 is 0 Å². The second-order valence-electron chi connectivity index (χ2n) is 4.23. The van der Waals surface area contributed by atoms with Crippen LogP contribution in [0.3, 0.4) is 0 Å². The summed E-state index contributed by atoms with van der Waals surface area (Å²) in [6.07, 6.45) is 2.34. The average Bonchev–Trinajstić information content (AvgIpc) is 2.77. The minimum absolute atomic E-state index is 0.0638. The molecule has 0 atom stereocenters. The van der Waals surface area contributed by atoms with Crippen LogP contribution in [0.5, 0.6) is 0 Å². The lowest BCUT2D eigenvalue weighted by Gasteiger charge is -2.04. The third-order valence-electron chi connectivity index (χ3n) is 2.26. The van der Waals surface area contributed by atoms with Crippen LogP contribution in [0.25, 0.3) is 0 Å². The molecule has 0 aliphatic heterocycles. The number of sulfonamides is 1. The molecule has 0 unspecified atom stereocenters. The molecule has 0 aliphatic rings. The molecule has 0 bridgehead atoms. The minimum atomic E-state index is -3.42. The largest absolute Gasteiger partial charge is 0.324 e. The van der Waals surface area contributed by atoms with E-state index < -0.39 is 10.0 Å². The van der Waals surface area contributed by atoms with Gasteiger partial charge in [0.15, 0.2) is 5.82 Å². The Morgan fingerprint density at radius 3 is 2.62 bits per heavy atom. The Morgan fingerprint density at radius 1 is 1.33 bits per heavy atom. The van der Waals surface area contributed by atoms with Crippen LogP contribution in [0.2, 0.25) is 0 Å². The average molecular weight is 374 g/mol. The lowest BCUT2D eigenvalue weighted by molar-refractivity contribution is -0.116. The SMILES string of the molecule is CS(=O)(=O)Nc1cn(CC(=O)Nc2ccc(Br)cc2)nn1. The van der Waals surface area contributed by atoms with E-state index >= 15 is 0 Å². The van der Waals surface area contributed by atoms with E-state index in [1.165, 1.54) is 10.9 Å². The molecule has 2 N–H and O–H groups in total. The predicted octanol–water partition coefficient (Wildman–Crippen LogP) is 1.05. The van der Waals surface area contributed by atoms with Gasteiger partial charge in [0, 0.05) is 10.2 Å². The molecule has 1 amide bonds. The Bertz CT molecular complexity index is 741. The number of hydrogen-bond acceptors (Lipinski definition) is 5. The van der Waals surface area contributed by atoms with Crippen molar-refractivity contribution in [3.8, 4) is 0 Å². The van der Waals surface area contributed by atoms with Crippen LogP contribution >= 0.6 is 15.9 Å². The monoisotopic (exact) mass is 373 g/mol. The van der Waals surface area contributed by atoms with Gasteiger partial charge in [0.1, 0.15) is 6.54 Å². The molecule has 0 saturated carbocycles. The summed E-state index contributed by atoms with van der Waals surface area (Å²) in [5.74, 6) is -0.234. The first kappa shape index (κ1) is 15.4. The van der Waals surface area contributed by atoms with Crippen LogP contribution in [-0.4, -0.2) is 35.6 Å². The minimum Gasteiger partial charge on any atom is -0.324 e. The van der Waals surface area contributed by atoms with Crippen LogP contribution < -0.4 is 10.0 Å². The summed E-state index contributed by atoms with van der Waals surface area (Å²) in [6, 6.07) is 7.11. The van der Waals surface area contributed by atoms with E-state index in [0.717, 1.165) is 10.7 Å². The summed E-state index contributed by atoms with van der Waals surface area (Å²) < 4.78 is 26.4. The van der Waals surface area contributed by atoms with Crippen LogP contribution in [-0.2, 0) is 21.4 Å². The fraction of sp³-hybridized carbons (Fsp3) is 0.182. The number of rotatable bonds is 5. The number of aromatic nitrogens is 3. The molecule has 1 heterocycles. The number of anilines is 2. The Hall–Kier alpha value is -1.94. The zero-order valence-electron chi connectivity index (χ0n) is 10.9. The van der Waals surface area contributed by atoms with Crippen LogP contribution in [0.1, 0.15) is 0 Å². The first-order valence-corrected chi connectivity index (χ1v) is 8.43. The van der Waals surface area contributed by atoms with Gasteiger partial charge in [-0.25, -0.2) is 13.1 Å². The Kier molecular flexibility index (Phi) is 4.58. The van der Waals surface area contributed by atoms with E-state index in [0.29, 0.717) is 5.69 Å². The highest BCUT2D eigenvalue weighted by Crippen LogP contribution is 2.14. The maximum atomic E-state index is 11.8. The van der Waals surface area contributed by atoms with Gasteiger partial charge in [-0.1, -0.05) is 21.1 Å². The van der Waals surface area contributed by atoms with Crippen LogP contribution in [0.15, 0.2) is 34.9 Å². The molecule has 0 spiro atoms. The lowest BCUT2D eigenvalue weighted by Crippen LogP contribution is -2.19. The number of benzene rings is 1. The Labute approximate surface area is 129 Å². The fourth-order valence-corrected chi connectivity index (χ4v) is 2.23. The van der Waals surface area contributed by atoms with Crippen molar-refractivity contribution in [3.63, 3.8) is 0 Å². The first-order valence-electron chi connectivity index (χ1n) is 5.75. The van der Waals surface area contributed by atoms with Crippen molar-refractivity contribution < 1.29 is 13.2 Å². The highest BCUT2D eigenvalue weighted by Gasteiger charge is 2.09. The van der Waals surface area contributed by atoms with Crippen molar-refractivity contribution in [2.75, 3.05) is 16.3 Å². The molecule has 0 fully saturated rings. The van der Waals surface area contributed by atoms with Gasteiger partial charge in [-0.3, -0.25) is 9.52 Å². The summed E-state index contributed by atoms with van der Waals surface area (Å²) in [5, 5.41) is 9.97. The molecule has 8 nitrogen and oxygen atoms in total. The van der Waals surface area contributed by atoms with E-state index in [-0.39, 0.29) is 18.3 Å². The van der Waals surface area contributed by atoms with E-state index in [4.69, 9.17) is 0 Å². The molecule has 10 heteroatoms. The number of amides is 1. The number of nitrogens with one attached hydrogen (secondary N) is 2. The number of nitrogens with zero attached hydrogens (tertiary/aromatic N) is 3. The topological polar surface area (TPSA) is 106 Å². The molecule has 2 rings (SSSR count). The normalized spacial score (nSPS) is 11.1. The highest BCUT2D eigenvalue weighted by atomic mass is 79.9. The van der Waals surface area contributed by atoms with E-state index in [1.54, 1.807) is 24.3 Å². The molecule has 0 saturated heterocycles. The summed E-state index contributed by atoms with van der Waals surface area (Å²) in [6.45, 7) is -0.0749. The summed E-state index contributed by atoms with van der Waals surface area (Å²) in [4.78, 5) is 11.8. The van der Waals surface area contributed by atoms with Crippen molar-refractivity contribution >= 4 is 43.4 Å². The molecule has 2 aromatic rings. The predicted molar refractivity (Wildman–Crippen MR) is 81.3 cm³/mol. The van der Waals surface area contributed by atoms with Crippen LogP contribution in [0.4, 0.5) is 11.5 Å². The van der Waals surface area contributed by atoms with Gasteiger partial charge in [0.05, 0.1) is 12.5 Å². The van der Waals surface area contributed by atoms with Crippen molar-refractivity contribution in [3.05, 3.63) is 34.9 Å². The number of hydrogen-bond donors (Lipinski definition) is 2. The van der Waals surface area contributed by atoms with Gasteiger partial charge < -0.3 is 5.32 Å². The highest BCUT2D eigenvalue weighted by molar-refractivity contribution is 9.10. The molecule has 112 valence electrons. The van der Waals surface area contributed by atoms with Crippen molar-refractivity contribution in [1.29, 1.82) is 0 Å². The zero-order valence-corrected chi connectivity index (χ0v) is 13.3. The number of halogens is 1. The molecule has 1 aromatic heterocycles. The Morgan fingerprint density at radius 2 is 2.00 bits per heavy atom. The number of carbonyl (C=O) groups is 1. The summed E-state index contributed by atoms with van der Waals surface area (Å²) in [7, 11) is -3.42. The maximum Gasteiger partial charge on any atom is 0.246 e. The summed E-state index contributed by atoms with van der Waals surface area (Å²) in [5.41, 5.74) is 0.651. The lowest BCUT2D eigenvalue weighted by atomic mass is 10.3. The van der Waals surface area contributed by atoms with Gasteiger partial charge in [0.25, 0.3) is 0 Å². The third-order valence-corrected chi connectivity index (χ3v) is 3.37. The van der Waals surface area contributed by atoms with Gasteiger partial charge in [0.2, 0.25) is 15.9 Å². The first-order chi connectivity index (χ1) is 9.82. The smallest absolute Gasteiger partial charge is 0.246 e.